The largest absolute Gasteiger partial charge is 0.332 e. The van der Waals surface area contributed by atoms with Crippen molar-refractivity contribution < 1.29 is 9.59 Å². The lowest BCUT2D eigenvalue weighted by Gasteiger charge is -2.18. The van der Waals surface area contributed by atoms with Gasteiger partial charge in [0.05, 0.1) is 0 Å². The molecule has 0 aliphatic heterocycles. The normalized spacial score (nSPS) is 9.61. The highest BCUT2D eigenvalue weighted by Gasteiger charge is 2.12. The number of hydrogen-bond acceptors (Lipinski definition) is 2. The SMILES string of the molecule is C=CC(=O)NC(Cc1ccccc1)NC(=O)C=C. The quantitative estimate of drug-likeness (QED) is 0.583. The zero-order chi connectivity index (χ0) is 13.4. The molecule has 0 radical (unpaired) electrons. The van der Waals surface area contributed by atoms with Gasteiger partial charge in [0, 0.05) is 6.42 Å². The van der Waals surface area contributed by atoms with Crippen molar-refractivity contribution >= 4 is 11.8 Å². The first-order valence-electron chi connectivity index (χ1n) is 5.55. The van der Waals surface area contributed by atoms with Crippen molar-refractivity contribution in [3.05, 3.63) is 61.2 Å². The highest BCUT2D eigenvalue weighted by Crippen LogP contribution is 2.01. The number of hydrogen-bond donors (Lipinski definition) is 2. The van der Waals surface area contributed by atoms with Gasteiger partial charge < -0.3 is 10.6 Å². The molecular weight excluding hydrogens is 228 g/mol. The second-order valence-corrected chi connectivity index (χ2v) is 3.67. The van der Waals surface area contributed by atoms with E-state index in [1.165, 1.54) is 0 Å². The Morgan fingerprint density at radius 1 is 1.06 bits per heavy atom. The smallest absolute Gasteiger partial charge is 0.244 e. The van der Waals surface area contributed by atoms with Crippen LogP contribution in [-0.4, -0.2) is 18.0 Å². The number of amides is 2. The molecule has 2 N–H and O–H groups in total. The fourth-order valence-corrected chi connectivity index (χ4v) is 1.45. The predicted octanol–water partition coefficient (Wildman–Crippen LogP) is 1.16. The third kappa shape index (κ3) is 4.65. The Morgan fingerprint density at radius 2 is 1.56 bits per heavy atom. The molecule has 0 atom stereocenters. The average Bonchev–Trinajstić information content (AvgIpc) is 2.39. The molecule has 0 saturated heterocycles. The summed E-state index contributed by atoms with van der Waals surface area (Å²) in [7, 11) is 0. The van der Waals surface area contributed by atoms with E-state index in [4.69, 9.17) is 0 Å². The molecule has 4 nitrogen and oxygen atoms in total. The van der Waals surface area contributed by atoms with Crippen molar-refractivity contribution in [2.24, 2.45) is 0 Å². The first-order chi connectivity index (χ1) is 8.65. The van der Waals surface area contributed by atoms with E-state index < -0.39 is 6.17 Å². The summed E-state index contributed by atoms with van der Waals surface area (Å²) in [5, 5.41) is 5.29. The Labute approximate surface area is 106 Å². The van der Waals surface area contributed by atoms with E-state index in [1.54, 1.807) is 0 Å². The lowest BCUT2D eigenvalue weighted by Crippen LogP contribution is -2.48. The fraction of sp³-hybridized carbons (Fsp3) is 0.143. The number of nitrogens with one attached hydrogen (secondary N) is 2. The van der Waals surface area contributed by atoms with Gasteiger partial charge >= 0.3 is 0 Å². The Bertz CT molecular complexity index is 418. The minimum Gasteiger partial charge on any atom is -0.332 e. The van der Waals surface area contributed by atoms with E-state index in [0.717, 1.165) is 17.7 Å². The number of carbonyl (C=O) groups is 2. The molecule has 0 heterocycles. The third-order valence-corrected chi connectivity index (χ3v) is 2.29. The summed E-state index contributed by atoms with van der Waals surface area (Å²) < 4.78 is 0. The standard InChI is InChI=1S/C14H16N2O2/c1-3-13(17)15-12(16-14(18)4-2)10-11-8-6-5-7-9-11/h3-9,12H,1-2,10H2,(H,15,17)(H,16,18). The Kier molecular flexibility index (Phi) is 5.38. The number of benzene rings is 1. The lowest BCUT2D eigenvalue weighted by atomic mass is 10.1. The van der Waals surface area contributed by atoms with Gasteiger partial charge in [0.1, 0.15) is 6.17 Å². The zero-order valence-electron chi connectivity index (χ0n) is 10.1. The van der Waals surface area contributed by atoms with Crippen LogP contribution in [0.25, 0.3) is 0 Å². The summed E-state index contributed by atoms with van der Waals surface area (Å²) in [6.45, 7) is 6.75. The van der Waals surface area contributed by atoms with Crippen LogP contribution >= 0.6 is 0 Å². The maximum atomic E-state index is 11.3. The van der Waals surface area contributed by atoms with Crippen LogP contribution in [-0.2, 0) is 16.0 Å². The van der Waals surface area contributed by atoms with E-state index in [1.807, 2.05) is 30.3 Å². The van der Waals surface area contributed by atoms with E-state index in [9.17, 15) is 9.59 Å². The van der Waals surface area contributed by atoms with Gasteiger partial charge in [-0.1, -0.05) is 43.5 Å². The lowest BCUT2D eigenvalue weighted by molar-refractivity contribution is -0.119. The van der Waals surface area contributed by atoms with Crippen LogP contribution in [0.1, 0.15) is 5.56 Å². The second-order valence-electron chi connectivity index (χ2n) is 3.67. The van der Waals surface area contributed by atoms with Crippen molar-refractivity contribution in [1.82, 2.24) is 10.6 Å². The van der Waals surface area contributed by atoms with Crippen LogP contribution in [0.4, 0.5) is 0 Å². The van der Waals surface area contributed by atoms with Crippen LogP contribution in [0.3, 0.4) is 0 Å². The summed E-state index contributed by atoms with van der Waals surface area (Å²) in [6, 6.07) is 9.55. The monoisotopic (exact) mass is 244 g/mol. The summed E-state index contributed by atoms with van der Waals surface area (Å²) in [4.78, 5) is 22.6. The Balaban J connectivity index is 2.70. The molecular formula is C14H16N2O2. The van der Waals surface area contributed by atoms with Gasteiger partial charge in [0.2, 0.25) is 11.8 Å². The van der Waals surface area contributed by atoms with Crippen molar-refractivity contribution in [3.63, 3.8) is 0 Å². The van der Waals surface area contributed by atoms with Gasteiger partial charge in [-0.15, -0.1) is 0 Å². The second kappa shape index (κ2) is 7.06. The van der Waals surface area contributed by atoms with Crippen LogP contribution < -0.4 is 10.6 Å². The molecule has 0 fully saturated rings. The molecule has 0 unspecified atom stereocenters. The van der Waals surface area contributed by atoms with Gasteiger partial charge in [0.15, 0.2) is 0 Å². The van der Waals surface area contributed by atoms with Crippen LogP contribution in [0.15, 0.2) is 55.6 Å². The van der Waals surface area contributed by atoms with Crippen LogP contribution in [0.5, 0.6) is 0 Å². The first kappa shape index (κ1) is 13.7. The summed E-state index contributed by atoms with van der Waals surface area (Å²) >= 11 is 0. The van der Waals surface area contributed by atoms with Crippen molar-refractivity contribution in [1.29, 1.82) is 0 Å². The topological polar surface area (TPSA) is 58.2 Å². The predicted molar refractivity (Wildman–Crippen MR) is 70.6 cm³/mol. The molecule has 0 spiro atoms. The maximum absolute atomic E-state index is 11.3. The van der Waals surface area contributed by atoms with E-state index in [-0.39, 0.29) is 11.8 Å². The van der Waals surface area contributed by atoms with E-state index in [0.29, 0.717) is 6.42 Å². The average molecular weight is 244 g/mol. The van der Waals surface area contributed by atoms with Gasteiger partial charge in [-0.3, -0.25) is 9.59 Å². The van der Waals surface area contributed by atoms with Gasteiger partial charge in [-0.2, -0.15) is 0 Å². The van der Waals surface area contributed by atoms with Crippen molar-refractivity contribution in [3.8, 4) is 0 Å². The van der Waals surface area contributed by atoms with Crippen molar-refractivity contribution in [2.75, 3.05) is 0 Å². The zero-order valence-corrected chi connectivity index (χ0v) is 10.1. The molecule has 2 amide bonds. The summed E-state index contributed by atoms with van der Waals surface area (Å²) in [5.74, 6) is -0.666. The van der Waals surface area contributed by atoms with Gasteiger partial charge in [-0.25, -0.2) is 0 Å². The molecule has 0 aliphatic carbocycles. The molecule has 4 heteroatoms. The third-order valence-electron chi connectivity index (χ3n) is 2.29. The molecule has 1 aromatic carbocycles. The minimum atomic E-state index is -0.483. The molecule has 1 aromatic rings. The Hall–Kier alpha value is -2.36. The number of rotatable bonds is 6. The molecule has 94 valence electrons. The van der Waals surface area contributed by atoms with E-state index in [2.05, 4.69) is 23.8 Å². The fourth-order valence-electron chi connectivity index (χ4n) is 1.45. The van der Waals surface area contributed by atoms with E-state index >= 15 is 0 Å². The molecule has 0 bridgehead atoms. The first-order valence-corrected chi connectivity index (χ1v) is 5.55. The minimum absolute atomic E-state index is 0.333. The maximum Gasteiger partial charge on any atom is 0.244 e. The molecule has 0 aromatic heterocycles. The van der Waals surface area contributed by atoms with Crippen molar-refractivity contribution in [2.45, 2.75) is 12.6 Å². The van der Waals surface area contributed by atoms with Gasteiger partial charge in [0.25, 0.3) is 0 Å². The summed E-state index contributed by atoms with van der Waals surface area (Å²) in [5.41, 5.74) is 1.01. The van der Waals surface area contributed by atoms with Crippen LogP contribution in [0, 0.1) is 0 Å². The molecule has 18 heavy (non-hydrogen) atoms. The van der Waals surface area contributed by atoms with Crippen LogP contribution in [0.2, 0.25) is 0 Å². The highest BCUT2D eigenvalue weighted by molar-refractivity contribution is 5.89. The summed E-state index contributed by atoms with van der Waals surface area (Å²) in [6.07, 6.45) is 2.35. The number of carbonyl (C=O) groups excluding carboxylic acids is 2. The van der Waals surface area contributed by atoms with Gasteiger partial charge in [-0.05, 0) is 17.7 Å². The molecule has 0 aliphatic rings. The highest BCUT2D eigenvalue weighted by atomic mass is 16.2. The molecule has 0 saturated carbocycles. The Morgan fingerprint density at radius 3 is 2.00 bits per heavy atom. The molecule has 1 rings (SSSR count).